The first-order chi connectivity index (χ1) is 8.63. The molecule has 1 aromatic carbocycles. The summed E-state index contributed by atoms with van der Waals surface area (Å²) in [5, 5.41) is 0. The van der Waals surface area contributed by atoms with E-state index in [0.29, 0.717) is 0 Å². The van der Waals surface area contributed by atoms with E-state index in [9.17, 15) is 4.79 Å². The summed E-state index contributed by atoms with van der Waals surface area (Å²) in [6, 6.07) is 10.5. The summed E-state index contributed by atoms with van der Waals surface area (Å²) in [5.41, 5.74) is 1.37. The van der Waals surface area contributed by atoms with Gasteiger partial charge in [-0.3, -0.25) is 4.79 Å². The first kappa shape index (κ1) is 14.7. The van der Waals surface area contributed by atoms with Gasteiger partial charge in [-0.05, 0) is 32.0 Å². The molecule has 18 heavy (non-hydrogen) atoms. The van der Waals surface area contributed by atoms with Crippen molar-refractivity contribution in [2.45, 2.75) is 19.8 Å². The average Bonchev–Trinajstić information content (AvgIpc) is 2.38. The lowest BCUT2D eigenvalue weighted by atomic mass is 10.1. The first-order valence-electron chi connectivity index (χ1n) is 6.43. The van der Waals surface area contributed by atoms with Crippen molar-refractivity contribution >= 4 is 5.97 Å². The summed E-state index contributed by atoms with van der Waals surface area (Å²) < 4.78 is 4.72. The van der Waals surface area contributed by atoms with Gasteiger partial charge in [0.05, 0.1) is 13.0 Å². The molecule has 1 aromatic rings. The molecule has 0 amide bonds. The fraction of sp³-hybridized carbons (Fsp3) is 0.533. The molecule has 0 fully saturated rings. The molecule has 0 radical (unpaired) electrons. The van der Waals surface area contributed by atoms with Gasteiger partial charge in [0.1, 0.15) is 0 Å². The van der Waals surface area contributed by atoms with E-state index in [0.717, 1.165) is 25.9 Å². The molecule has 3 nitrogen and oxygen atoms in total. The van der Waals surface area contributed by atoms with Crippen LogP contribution in [-0.4, -0.2) is 38.1 Å². The SMILES string of the molecule is COC(=O)C(C)CN(C)CCCc1ccccc1. The number of nitrogens with zero attached hydrogens (tertiary/aromatic N) is 1. The molecule has 1 atom stereocenters. The van der Waals surface area contributed by atoms with Crippen molar-refractivity contribution < 1.29 is 9.53 Å². The predicted octanol–water partition coefficient (Wildman–Crippen LogP) is 2.36. The van der Waals surface area contributed by atoms with Crippen LogP contribution in [0, 0.1) is 5.92 Å². The van der Waals surface area contributed by atoms with Gasteiger partial charge in [-0.2, -0.15) is 0 Å². The van der Waals surface area contributed by atoms with E-state index in [1.54, 1.807) is 0 Å². The summed E-state index contributed by atoms with van der Waals surface area (Å²) in [7, 11) is 3.48. The van der Waals surface area contributed by atoms with Gasteiger partial charge in [0, 0.05) is 6.54 Å². The van der Waals surface area contributed by atoms with Gasteiger partial charge >= 0.3 is 5.97 Å². The Balaban J connectivity index is 2.21. The lowest BCUT2D eigenvalue weighted by Gasteiger charge is -2.19. The van der Waals surface area contributed by atoms with Crippen LogP contribution in [-0.2, 0) is 16.0 Å². The van der Waals surface area contributed by atoms with Crippen LogP contribution in [0.15, 0.2) is 30.3 Å². The van der Waals surface area contributed by atoms with Gasteiger partial charge in [-0.1, -0.05) is 37.3 Å². The molecule has 0 N–H and O–H groups in total. The lowest BCUT2D eigenvalue weighted by molar-refractivity contribution is -0.145. The molecule has 0 spiro atoms. The van der Waals surface area contributed by atoms with Gasteiger partial charge < -0.3 is 9.64 Å². The normalized spacial score (nSPS) is 12.4. The Morgan fingerprint density at radius 2 is 2.00 bits per heavy atom. The van der Waals surface area contributed by atoms with E-state index in [1.807, 2.05) is 20.0 Å². The number of benzene rings is 1. The fourth-order valence-corrected chi connectivity index (χ4v) is 2.03. The molecule has 1 rings (SSSR count). The van der Waals surface area contributed by atoms with Gasteiger partial charge in [-0.25, -0.2) is 0 Å². The van der Waals surface area contributed by atoms with Gasteiger partial charge in [0.25, 0.3) is 0 Å². The number of hydrogen-bond acceptors (Lipinski definition) is 3. The third kappa shape index (κ3) is 5.32. The molecule has 0 aliphatic carbocycles. The van der Waals surface area contributed by atoms with Crippen molar-refractivity contribution in [3.63, 3.8) is 0 Å². The Bertz CT molecular complexity index is 351. The minimum Gasteiger partial charge on any atom is -0.469 e. The number of carbonyl (C=O) groups excluding carboxylic acids is 1. The molecule has 0 saturated carbocycles. The molecular weight excluding hydrogens is 226 g/mol. The Morgan fingerprint density at radius 1 is 1.33 bits per heavy atom. The van der Waals surface area contributed by atoms with E-state index in [-0.39, 0.29) is 11.9 Å². The Labute approximate surface area is 110 Å². The van der Waals surface area contributed by atoms with Crippen LogP contribution in [0.3, 0.4) is 0 Å². The molecule has 0 aliphatic rings. The summed E-state index contributed by atoms with van der Waals surface area (Å²) in [6.45, 7) is 3.65. The first-order valence-corrected chi connectivity index (χ1v) is 6.43. The number of esters is 1. The second-order valence-electron chi connectivity index (χ2n) is 4.78. The predicted molar refractivity (Wildman–Crippen MR) is 73.4 cm³/mol. The smallest absolute Gasteiger partial charge is 0.309 e. The summed E-state index contributed by atoms with van der Waals surface area (Å²) >= 11 is 0. The number of hydrogen-bond donors (Lipinski definition) is 0. The van der Waals surface area contributed by atoms with Crippen LogP contribution >= 0.6 is 0 Å². The molecule has 0 aliphatic heterocycles. The fourth-order valence-electron chi connectivity index (χ4n) is 2.03. The Morgan fingerprint density at radius 3 is 2.61 bits per heavy atom. The molecular formula is C15H23NO2. The van der Waals surface area contributed by atoms with E-state index in [2.05, 4.69) is 29.2 Å². The Kier molecular flexibility index (Phi) is 6.44. The maximum absolute atomic E-state index is 11.3. The van der Waals surface area contributed by atoms with Crippen LogP contribution in [0.2, 0.25) is 0 Å². The van der Waals surface area contributed by atoms with Crippen LogP contribution in [0.4, 0.5) is 0 Å². The number of ether oxygens (including phenoxy) is 1. The van der Waals surface area contributed by atoms with Crippen LogP contribution in [0.5, 0.6) is 0 Å². The number of methoxy groups -OCH3 is 1. The topological polar surface area (TPSA) is 29.5 Å². The largest absolute Gasteiger partial charge is 0.469 e. The highest BCUT2D eigenvalue weighted by Crippen LogP contribution is 2.05. The molecule has 0 aromatic heterocycles. The third-order valence-electron chi connectivity index (χ3n) is 3.04. The maximum Gasteiger partial charge on any atom is 0.309 e. The van der Waals surface area contributed by atoms with Crippen molar-refractivity contribution in [3.8, 4) is 0 Å². The maximum atomic E-state index is 11.3. The highest BCUT2D eigenvalue weighted by atomic mass is 16.5. The number of aryl methyl sites for hydroxylation is 1. The second kappa shape index (κ2) is 7.88. The van der Waals surface area contributed by atoms with Gasteiger partial charge in [0.2, 0.25) is 0 Å². The highest BCUT2D eigenvalue weighted by molar-refractivity contribution is 5.71. The van der Waals surface area contributed by atoms with E-state index >= 15 is 0 Å². The molecule has 0 saturated heterocycles. The van der Waals surface area contributed by atoms with E-state index < -0.39 is 0 Å². The molecule has 100 valence electrons. The molecule has 0 heterocycles. The number of carbonyl (C=O) groups is 1. The third-order valence-corrected chi connectivity index (χ3v) is 3.04. The van der Waals surface area contributed by atoms with E-state index in [1.165, 1.54) is 12.7 Å². The van der Waals surface area contributed by atoms with E-state index in [4.69, 9.17) is 4.74 Å². The zero-order valence-electron chi connectivity index (χ0n) is 11.6. The van der Waals surface area contributed by atoms with Gasteiger partial charge in [-0.15, -0.1) is 0 Å². The average molecular weight is 249 g/mol. The zero-order chi connectivity index (χ0) is 13.4. The second-order valence-corrected chi connectivity index (χ2v) is 4.78. The quantitative estimate of drug-likeness (QED) is 0.695. The van der Waals surface area contributed by atoms with Gasteiger partial charge in [0.15, 0.2) is 0 Å². The minimum absolute atomic E-state index is 0.0586. The Hall–Kier alpha value is -1.35. The highest BCUT2D eigenvalue weighted by Gasteiger charge is 2.14. The van der Waals surface area contributed by atoms with Crippen LogP contribution in [0.25, 0.3) is 0 Å². The minimum atomic E-state index is -0.134. The van der Waals surface area contributed by atoms with Crippen molar-refractivity contribution in [2.24, 2.45) is 5.92 Å². The van der Waals surface area contributed by atoms with Crippen molar-refractivity contribution in [1.29, 1.82) is 0 Å². The molecule has 1 unspecified atom stereocenters. The van der Waals surface area contributed by atoms with Crippen LogP contribution in [0.1, 0.15) is 18.9 Å². The van der Waals surface area contributed by atoms with Crippen molar-refractivity contribution in [2.75, 3.05) is 27.2 Å². The van der Waals surface area contributed by atoms with Crippen molar-refractivity contribution in [3.05, 3.63) is 35.9 Å². The summed E-state index contributed by atoms with van der Waals surface area (Å²) in [5.74, 6) is -0.193. The molecule has 3 heteroatoms. The summed E-state index contributed by atoms with van der Waals surface area (Å²) in [4.78, 5) is 13.5. The standard InChI is InChI=1S/C15H23NO2/c1-13(15(17)18-3)12-16(2)11-7-10-14-8-5-4-6-9-14/h4-6,8-9,13H,7,10-12H2,1-3H3. The summed E-state index contributed by atoms with van der Waals surface area (Å²) in [6.07, 6.45) is 2.19. The van der Waals surface area contributed by atoms with Crippen molar-refractivity contribution in [1.82, 2.24) is 4.90 Å². The molecule has 0 bridgehead atoms. The zero-order valence-corrected chi connectivity index (χ0v) is 11.6. The lowest BCUT2D eigenvalue weighted by Crippen LogP contribution is -2.30. The number of rotatable bonds is 7. The van der Waals surface area contributed by atoms with Crippen LogP contribution < -0.4 is 0 Å². The monoisotopic (exact) mass is 249 g/mol.